The molecule has 2 N–H and O–H groups in total. The number of nitrogens with two attached hydrogens (primary N) is 1. The van der Waals surface area contributed by atoms with Crippen LogP contribution in [0.2, 0.25) is 0 Å². The van der Waals surface area contributed by atoms with Gasteiger partial charge in [0.1, 0.15) is 11.5 Å². The summed E-state index contributed by atoms with van der Waals surface area (Å²) in [5.74, 6) is 1.48. The van der Waals surface area contributed by atoms with Crippen molar-refractivity contribution < 1.29 is 4.74 Å². The van der Waals surface area contributed by atoms with Gasteiger partial charge < -0.3 is 10.5 Å². The third-order valence-corrected chi connectivity index (χ3v) is 3.41. The van der Waals surface area contributed by atoms with Gasteiger partial charge in [0.25, 0.3) is 0 Å². The molecule has 2 rings (SSSR count). The van der Waals surface area contributed by atoms with Crippen molar-refractivity contribution in [1.29, 1.82) is 0 Å². The van der Waals surface area contributed by atoms with Crippen molar-refractivity contribution in [1.82, 2.24) is 0 Å². The largest absolute Gasteiger partial charge is 0.455 e. The van der Waals surface area contributed by atoms with Crippen LogP contribution in [0, 0.1) is 13.8 Å². The summed E-state index contributed by atoms with van der Waals surface area (Å²) in [6, 6.07) is 11.6. The maximum atomic E-state index is 5.90. The summed E-state index contributed by atoms with van der Waals surface area (Å²) in [7, 11) is 0. The summed E-state index contributed by atoms with van der Waals surface area (Å²) < 4.78 is 6.83. The van der Waals surface area contributed by atoms with Gasteiger partial charge in [-0.15, -0.1) is 0 Å². The smallest absolute Gasteiger partial charge is 0.150 e. The van der Waals surface area contributed by atoms with E-state index in [0.717, 1.165) is 21.3 Å². The van der Waals surface area contributed by atoms with E-state index in [-0.39, 0.29) is 0 Å². The van der Waals surface area contributed by atoms with E-state index in [1.54, 1.807) is 0 Å². The molecule has 0 aliphatic heterocycles. The van der Waals surface area contributed by atoms with E-state index in [2.05, 4.69) is 15.9 Å². The quantitative estimate of drug-likeness (QED) is 0.830. The predicted octanol–water partition coefficient (Wildman–Crippen LogP) is 4.44. The Morgan fingerprint density at radius 3 is 2.47 bits per heavy atom. The van der Waals surface area contributed by atoms with Crippen molar-refractivity contribution in [2.45, 2.75) is 13.8 Å². The van der Waals surface area contributed by atoms with Crippen LogP contribution in [0.25, 0.3) is 0 Å². The Morgan fingerprint density at radius 2 is 1.82 bits per heavy atom. The first kappa shape index (κ1) is 12.0. The van der Waals surface area contributed by atoms with Crippen molar-refractivity contribution in [3.8, 4) is 11.5 Å². The second-order valence-corrected chi connectivity index (χ2v) is 4.91. The minimum Gasteiger partial charge on any atom is -0.455 e. The summed E-state index contributed by atoms with van der Waals surface area (Å²) in [5, 5.41) is 0. The van der Waals surface area contributed by atoms with E-state index < -0.39 is 0 Å². The van der Waals surface area contributed by atoms with E-state index in [1.807, 2.05) is 50.2 Å². The third kappa shape index (κ3) is 2.80. The van der Waals surface area contributed by atoms with Crippen molar-refractivity contribution in [2.75, 3.05) is 5.73 Å². The summed E-state index contributed by atoms with van der Waals surface area (Å²) in [6.07, 6.45) is 0. The van der Waals surface area contributed by atoms with E-state index >= 15 is 0 Å². The summed E-state index contributed by atoms with van der Waals surface area (Å²) in [6.45, 7) is 4.03. The minimum atomic E-state index is 0.658. The van der Waals surface area contributed by atoms with Crippen molar-refractivity contribution in [3.63, 3.8) is 0 Å². The Morgan fingerprint density at radius 1 is 1.06 bits per heavy atom. The number of hydrogen-bond donors (Lipinski definition) is 1. The monoisotopic (exact) mass is 291 g/mol. The lowest BCUT2D eigenvalue weighted by molar-refractivity contribution is 0.484. The van der Waals surface area contributed by atoms with E-state index in [4.69, 9.17) is 10.5 Å². The van der Waals surface area contributed by atoms with Crippen molar-refractivity contribution in [3.05, 3.63) is 52.0 Å². The number of anilines is 1. The van der Waals surface area contributed by atoms with Gasteiger partial charge in [0.15, 0.2) is 0 Å². The Bertz CT molecular complexity index is 552. The molecule has 0 atom stereocenters. The number of halogens is 1. The molecule has 0 radical (unpaired) electrons. The standard InChI is InChI=1S/C14H14BrNO/c1-9-3-6-14(13(16)7-9)17-11-4-5-12(15)10(2)8-11/h3-8H,16H2,1-2H3. The summed E-state index contributed by atoms with van der Waals surface area (Å²) in [5.41, 5.74) is 8.82. The lowest BCUT2D eigenvalue weighted by Gasteiger charge is -2.10. The Hall–Kier alpha value is -1.48. The van der Waals surface area contributed by atoms with Crippen LogP contribution in [0.5, 0.6) is 11.5 Å². The molecule has 2 aromatic rings. The van der Waals surface area contributed by atoms with Crippen LogP contribution in [0.3, 0.4) is 0 Å². The molecular formula is C14H14BrNO. The number of hydrogen-bond acceptors (Lipinski definition) is 2. The first-order chi connectivity index (χ1) is 8.06. The number of aryl methyl sites for hydroxylation is 2. The summed E-state index contributed by atoms with van der Waals surface area (Å²) in [4.78, 5) is 0. The molecule has 0 saturated heterocycles. The van der Waals surface area contributed by atoms with Crippen LogP contribution in [-0.2, 0) is 0 Å². The normalized spacial score (nSPS) is 10.3. The first-order valence-corrected chi connectivity index (χ1v) is 6.15. The molecule has 0 saturated carbocycles. The van der Waals surface area contributed by atoms with Crippen LogP contribution in [0.1, 0.15) is 11.1 Å². The predicted molar refractivity (Wildman–Crippen MR) is 74.5 cm³/mol. The van der Waals surface area contributed by atoms with Crippen LogP contribution >= 0.6 is 15.9 Å². The minimum absolute atomic E-state index is 0.658. The lowest BCUT2D eigenvalue weighted by Crippen LogP contribution is -1.93. The molecule has 88 valence electrons. The molecule has 2 aromatic carbocycles. The van der Waals surface area contributed by atoms with Gasteiger partial charge in [0.2, 0.25) is 0 Å². The molecule has 0 fully saturated rings. The molecule has 17 heavy (non-hydrogen) atoms. The van der Waals surface area contributed by atoms with Crippen molar-refractivity contribution in [2.24, 2.45) is 0 Å². The lowest BCUT2D eigenvalue weighted by atomic mass is 10.2. The fraction of sp³-hybridized carbons (Fsp3) is 0.143. The fourth-order valence-corrected chi connectivity index (χ4v) is 1.82. The number of benzene rings is 2. The van der Waals surface area contributed by atoms with Gasteiger partial charge in [0.05, 0.1) is 5.69 Å². The second-order valence-electron chi connectivity index (χ2n) is 4.05. The highest BCUT2D eigenvalue weighted by Gasteiger charge is 2.03. The van der Waals surface area contributed by atoms with E-state index in [1.165, 1.54) is 0 Å². The highest BCUT2D eigenvalue weighted by atomic mass is 79.9. The molecule has 0 unspecified atom stereocenters. The van der Waals surface area contributed by atoms with E-state index in [9.17, 15) is 0 Å². The zero-order valence-electron chi connectivity index (χ0n) is 9.83. The topological polar surface area (TPSA) is 35.2 Å². The molecule has 0 spiro atoms. The van der Waals surface area contributed by atoms with Gasteiger partial charge in [0, 0.05) is 4.47 Å². The highest BCUT2D eigenvalue weighted by molar-refractivity contribution is 9.10. The first-order valence-electron chi connectivity index (χ1n) is 5.36. The second kappa shape index (κ2) is 4.80. The number of nitrogen functional groups attached to an aromatic ring is 1. The van der Waals surface area contributed by atoms with Crippen LogP contribution in [0.4, 0.5) is 5.69 Å². The zero-order valence-corrected chi connectivity index (χ0v) is 11.4. The van der Waals surface area contributed by atoms with Crippen LogP contribution < -0.4 is 10.5 Å². The van der Waals surface area contributed by atoms with Gasteiger partial charge in [-0.2, -0.15) is 0 Å². The Balaban J connectivity index is 2.28. The Kier molecular flexibility index (Phi) is 3.38. The fourth-order valence-electron chi connectivity index (χ4n) is 1.57. The molecule has 0 heterocycles. The number of ether oxygens (including phenoxy) is 1. The van der Waals surface area contributed by atoms with Gasteiger partial charge in [-0.05, 0) is 55.3 Å². The molecule has 2 nitrogen and oxygen atoms in total. The SMILES string of the molecule is Cc1ccc(Oc2ccc(Br)c(C)c2)c(N)c1. The average Bonchev–Trinajstić information content (AvgIpc) is 2.27. The van der Waals surface area contributed by atoms with Crippen LogP contribution in [0.15, 0.2) is 40.9 Å². The Labute approximate surface area is 110 Å². The highest BCUT2D eigenvalue weighted by Crippen LogP contribution is 2.30. The average molecular weight is 292 g/mol. The van der Waals surface area contributed by atoms with Crippen LogP contribution in [-0.4, -0.2) is 0 Å². The molecule has 0 amide bonds. The third-order valence-electron chi connectivity index (χ3n) is 2.52. The maximum Gasteiger partial charge on any atom is 0.150 e. The van der Waals surface area contributed by atoms with Gasteiger partial charge in [-0.1, -0.05) is 22.0 Å². The maximum absolute atomic E-state index is 5.90. The van der Waals surface area contributed by atoms with Gasteiger partial charge in [-0.3, -0.25) is 0 Å². The number of rotatable bonds is 2. The van der Waals surface area contributed by atoms with E-state index in [0.29, 0.717) is 11.4 Å². The van der Waals surface area contributed by atoms with Crippen molar-refractivity contribution >= 4 is 21.6 Å². The molecular weight excluding hydrogens is 278 g/mol. The molecule has 0 aliphatic carbocycles. The summed E-state index contributed by atoms with van der Waals surface area (Å²) >= 11 is 3.46. The molecule has 0 aliphatic rings. The van der Waals surface area contributed by atoms with Gasteiger partial charge in [-0.25, -0.2) is 0 Å². The molecule has 3 heteroatoms. The molecule has 0 aromatic heterocycles. The van der Waals surface area contributed by atoms with Gasteiger partial charge >= 0.3 is 0 Å². The molecule has 0 bridgehead atoms. The zero-order chi connectivity index (χ0) is 12.4.